The topological polar surface area (TPSA) is 74.4 Å². The van der Waals surface area contributed by atoms with E-state index in [1.54, 1.807) is 11.9 Å². The number of hydrogen-bond acceptors (Lipinski definition) is 8. The number of ketones is 1. The highest BCUT2D eigenvalue weighted by Crippen LogP contribution is 2.45. The Morgan fingerprint density at radius 1 is 0.943 bits per heavy atom. The van der Waals surface area contributed by atoms with E-state index < -0.39 is 0 Å². The Kier molecular flexibility index (Phi) is 7.73. The molecule has 2 aromatic carbocycles. The number of carbonyl (C=O) groups is 2. The molecule has 0 radical (unpaired) electrons. The van der Waals surface area contributed by atoms with E-state index in [2.05, 4.69) is 10.4 Å². The normalized spacial score (nSPS) is 15.3. The predicted octanol–water partition coefficient (Wildman–Crippen LogP) is 3.45. The molecular formula is C26H30N4O4S. The number of nitrogens with one attached hydrogen (secondary N) is 1. The SMILES string of the molecule is CN(C)CCCNOOSc1ccc(C2=C3C(=O)c4ccccc4C(N(C)C)=C3C(=O)N2C)cc1. The van der Waals surface area contributed by atoms with E-state index in [1.165, 1.54) is 0 Å². The van der Waals surface area contributed by atoms with Crippen LogP contribution in [0.4, 0.5) is 0 Å². The van der Waals surface area contributed by atoms with Gasteiger partial charge in [0.05, 0.1) is 34.6 Å². The molecular weight excluding hydrogens is 464 g/mol. The summed E-state index contributed by atoms with van der Waals surface area (Å²) in [6.45, 7) is 1.64. The molecule has 0 spiro atoms. The number of hydroxylamine groups is 1. The second-order valence-electron chi connectivity index (χ2n) is 8.89. The van der Waals surface area contributed by atoms with Crippen molar-refractivity contribution in [3.63, 3.8) is 0 Å². The van der Waals surface area contributed by atoms with E-state index in [9.17, 15) is 9.59 Å². The van der Waals surface area contributed by atoms with Crippen LogP contribution in [0.1, 0.15) is 27.9 Å². The van der Waals surface area contributed by atoms with E-state index in [0.717, 1.165) is 46.7 Å². The summed E-state index contributed by atoms with van der Waals surface area (Å²) in [5.74, 6) is -0.318. The minimum absolute atomic E-state index is 0.135. The smallest absolute Gasteiger partial charge is 0.261 e. The van der Waals surface area contributed by atoms with Crippen LogP contribution in [0, 0.1) is 0 Å². The summed E-state index contributed by atoms with van der Waals surface area (Å²) in [4.78, 5) is 38.3. The van der Waals surface area contributed by atoms with Gasteiger partial charge in [0.2, 0.25) is 0 Å². The molecule has 1 aliphatic heterocycles. The lowest BCUT2D eigenvalue weighted by Gasteiger charge is -2.26. The largest absolute Gasteiger partial charge is 0.376 e. The Balaban J connectivity index is 1.56. The molecule has 4 rings (SSSR count). The quantitative estimate of drug-likeness (QED) is 0.233. The Bertz CT molecular complexity index is 1190. The van der Waals surface area contributed by atoms with Gasteiger partial charge < -0.3 is 14.7 Å². The molecule has 1 N–H and O–H groups in total. The van der Waals surface area contributed by atoms with E-state index in [0.29, 0.717) is 29.0 Å². The van der Waals surface area contributed by atoms with Crippen molar-refractivity contribution < 1.29 is 18.9 Å². The van der Waals surface area contributed by atoms with Gasteiger partial charge in [-0.25, -0.2) is 0 Å². The highest BCUT2D eigenvalue weighted by molar-refractivity contribution is 7.94. The summed E-state index contributed by atoms with van der Waals surface area (Å²) < 4.78 is 5.16. The van der Waals surface area contributed by atoms with E-state index in [1.807, 2.05) is 81.6 Å². The van der Waals surface area contributed by atoms with Crippen LogP contribution in [0.3, 0.4) is 0 Å². The van der Waals surface area contributed by atoms with E-state index in [4.69, 9.17) is 9.32 Å². The predicted molar refractivity (Wildman–Crippen MR) is 137 cm³/mol. The molecule has 35 heavy (non-hydrogen) atoms. The van der Waals surface area contributed by atoms with Crippen molar-refractivity contribution in [1.82, 2.24) is 20.2 Å². The molecule has 9 heteroatoms. The summed E-state index contributed by atoms with van der Waals surface area (Å²) in [5.41, 5.74) is 7.20. The zero-order valence-electron chi connectivity index (χ0n) is 20.6. The Labute approximate surface area is 210 Å². The average Bonchev–Trinajstić information content (AvgIpc) is 3.09. The summed E-state index contributed by atoms with van der Waals surface area (Å²) in [5, 5.41) is 0. The fourth-order valence-corrected chi connectivity index (χ4v) is 4.73. The Hall–Kier alpha value is -2.95. The van der Waals surface area contributed by atoms with Gasteiger partial charge in [0, 0.05) is 43.7 Å². The summed E-state index contributed by atoms with van der Waals surface area (Å²) in [6, 6.07) is 15.0. The first kappa shape index (κ1) is 25.2. The standard InChI is InChI=1S/C26H30N4O4S/c1-28(2)16-8-15-27-33-34-35-18-13-11-17(12-14-18)23-21-22(26(32)30(23)5)24(29(3)4)19-9-6-7-10-20(19)25(21)31/h6-7,9-14,27H,8,15-16H2,1-5H3. The van der Waals surface area contributed by atoms with Crippen molar-refractivity contribution in [1.29, 1.82) is 0 Å². The van der Waals surface area contributed by atoms with Gasteiger partial charge in [0.1, 0.15) is 0 Å². The molecule has 0 unspecified atom stereocenters. The van der Waals surface area contributed by atoms with Gasteiger partial charge in [-0.1, -0.05) is 36.4 Å². The van der Waals surface area contributed by atoms with Gasteiger partial charge in [-0.3, -0.25) is 9.59 Å². The van der Waals surface area contributed by atoms with E-state index >= 15 is 0 Å². The highest BCUT2D eigenvalue weighted by Gasteiger charge is 2.43. The Morgan fingerprint density at radius 3 is 2.29 bits per heavy atom. The molecule has 1 heterocycles. The number of Topliss-reactive ketones (excluding diaryl/α,β-unsaturated/α-hetero) is 1. The van der Waals surface area contributed by atoms with Crippen molar-refractivity contribution in [3.05, 3.63) is 76.4 Å². The highest BCUT2D eigenvalue weighted by atomic mass is 32.2. The van der Waals surface area contributed by atoms with Crippen molar-refractivity contribution in [2.24, 2.45) is 0 Å². The fourth-order valence-electron chi connectivity index (χ4n) is 4.32. The van der Waals surface area contributed by atoms with Gasteiger partial charge in [-0.15, -0.1) is 9.32 Å². The number of likely N-dealkylation sites (N-methyl/N-ethyl adjacent to an activating group) is 1. The molecule has 0 atom stereocenters. The number of nitrogens with zero attached hydrogens (tertiary/aromatic N) is 3. The molecule has 2 aromatic rings. The van der Waals surface area contributed by atoms with Crippen LogP contribution < -0.4 is 5.48 Å². The molecule has 0 bridgehead atoms. The first-order valence-corrected chi connectivity index (χ1v) is 12.1. The molecule has 0 fully saturated rings. The molecule has 1 amide bonds. The maximum atomic E-state index is 13.6. The number of amides is 1. The first-order valence-electron chi connectivity index (χ1n) is 11.4. The van der Waals surface area contributed by atoms with Crippen LogP contribution in [-0.2, 0) is 14.1 Å². The van der Waals surface area contributed by atoms with Gasteiger partial charge in [-0.2, -0.15) is 5.48 Å². The lowest BCUT2D eigenvalue weighted by Crippen LogP contribution is -2.26. The molecule has 184 valence electrons. The number of rotatable bonds is 10. The third-order valence-electron chi connectivity index (χ3n) is 5.91. The molecule has 1 aliphatic carbocycles. The minimum atomic E-state index is -0.183. The lowest BCUT2D eigenvalue weighted by molar-refractivity contribution is -0.244. The van der Waals surface area contributed by atoms with Crippen LogP contribution in [0.25, 0.3) is 11.4 Å². The van der Waals surface area contributed by atoms with Crippen molar-refractivity contribution in [2.45, 2.75) is 11.3 Å². The Morgan fingerprint density at radius 2 is 1.63 bits per heavy atom. The minimum Gasteiger partial charge on any atom is -0.376 e. The van der Waals surface area contributed by atoms with Gasteiger partial charge in [-0.05, 0) is 44.8 Å². The second-order valence-corrected chi connectivity index (χ2v) is 9.66. The maximum Gasteiger partial charge on any atom is 0.261 e. The molecule has 0 aromatic heterocycles. The third-order valence-corrected chi connectivity index (χ3v) is 6.51. The number of carbonyl (C=O) groups excluding carboxylic acids is 2. The maximum absolute atomic E-state index is 13.6. The first-order chi connectivity index (χ1) is 16.8. The van der Waals surface area contributed by atoms with Crippen LogP contribution in [0.5, 0.6) is 0 Å². The zero-order valence-corrected chi connectivity index (χ0v) is 21.4. The monoisotopic (exact) mass is 494 g/mol. The van der Waals surface area contributed by atoms with Crippen molar-refractivity contribution >= 4 is 35.1 Å². The number of hydrogen-bond donors (Lipinski definition) is 1. The van der Waals surface area contributed by atoms with Crippen LogP contribution >= 0.6 is 12.0 Å². The van der Waals surface area contributed by atoms with Gasteiger partial charge in [0.25, 0.3) is 5.91 Å². The van der Waals surface area contributed by atoms with Crippen LogP contribution in [0.2, 0.25) is 0 Å². The van der Waals surface area contributed by atoms with Crippen LogP contribution in [-0.4, -0.2) is 74.7 Å². The second kappa shape index (κ2) is 10.8. The van der Waals surface area contributed by atoms with Gasteiger partial charge in [0.15, 0.2) is 5.78 Å². The molecule has 2 aliphatic rings. The molecule has 0 saturated carbocycles. The fraction of sp³-hybridized carbons (Fsp3) is 0.308. The summed E-state index contributed by atoms with van der Waals surface area (Å²) >= 11 is 1.08. The van der Waals surface area contributed by atoms with E-state index in [-0.39, 0.29) is 11.7 Å². The third kappa shape index (κ3) is 5.05. The van der Waals surface area contributed by atoms with Crippen LogP contribution in [0.15, 0.2) is 64.6 Å². The van der Waals surface area contributed by atoms with Gasteiger partial charge >= 0.3 is 0 Å². The zero-order chi connectivity index (χ0) is 25.1. The number of fused-ring (bicyclic) bond motifs is 2. The van der Waals surface area contributed by atoms with Crippen molar-refractivity contribution in [2.75, 3.05) is 48.3 Å². The average molecular weight is 495 g/mol. The molecule has 0 saturated heterocycles. The summed E-state index contributed by atoms with van der Waals surface area (Å²) in [7, 11) is 9.54. The van der Waals surface area contributed by atoms with Crippen molar-refractivity contribution in [3.8, 4) is 0 Å². The summed E-state index contributed by atoms with van der Waals surface area (Å²) in [6.07, 6.45) is 0.939. The number of benzene rings is 2. The molecule has 8 nitrogen and oxygen atoms in total. The lowest BCUT2D eigenvalue weighted by atomic mass is 9.83.